The van der Waals surface area contributed by atoms with Crippen LogP contribution in [0.15, 0.2) is 36.9 Å². The first-order valence-electron chi connectivity index (χ1n) is 6.88. The Balaban J connectivity index is 2.49. The molecule has 0 radical (unpaired) electrons. The van der Waals surface area contributed by atoms with E-state index in [1.165, 1.54) is 13.2 Å². The molecule has 2 aromatic carbocycles. The topological polar surface area (TPSA) is 27.7 Å². The summed E-state index contributed by atoms with van der Waals surface area (Å²) in [5.74, 6) is 3.30. The zero-order valence-corrected chi connectivity index (χ0v) is 15.3. The van der Waals surface area contributed by atoms with Crippen molar-refractivity contribution >= 4 is 25.0 Å². The van der Waals surface area contributed by atoms with E-state index in [0.717, 1.165) is 21.3 Å². The van der Waals surface area contributed by atoms with Gasteiger partial charge in [0.2, 0.25) is 0 Å². The second kappa shape index (κ2) is 7.53. The second-order valence-electron chi connectivity index (χ2n) is 4.74. The van der Waals surface area contributed by atoms with Crippen molar-refractivity contribution in [3.63, 3.8) is 0 Å². The van der Waals surface area contributed by atoms with Gasteiger partial charge in [-0.15, -0.1) is 0 Å². The first-order chi connectivity index (χ1) is 11.0. The van der Waals surface area contributed by atoms with Gasteiger partial charge in [0.1, 0.15) is 0 Å². The van der Waals surface area contributed by atoms with Crippen LogP contribution >= 0.6 is 0 Å². The summed E-state index contributed by atoms with van der Waals surface area (Å²) in [5, 5.41) is 0. The monoisotopic (exact) mass is 382 g/mol. The molecule has 0 atom stereocenters. The average Bonchev–Trinajstić information content (AvgIpc) is 2.59. The van der Waals surface area contributed by atoms with Gasteiger partial charge in [-0.05, 0) is 0 Å². The predicted molar refractivity (Wildman–Crippen MR) is 91.9 cm³/mol. The van der Waals surface area contributed by atoms with Gasteiger partial charge in [0.15, 0.2) is 0 Å². The van der Waals surface area contributed by atoms with E-state index in [9.17, 15) is 4.39 Å². The van der Waals surface area contributed by atoms with Crippen molar-refractivity contribution in [3.8, 4) is 17.2 Å². The van der Waals surface area contributed by atoms with E-state index in [4.69, 9.17) is 14.2 Å². The summed E-state index contributed by atoms with van der Waals surface area (Å²) in [7, 11) is 4.67. The molecule has 0 aromatic heterocycles. The van der Waals surface area contributed by atoms with Crippen molar-refractivity contribution in [1.82, 2.24) is 0 Å². The SMILES string of the molecule is C=C(c1ccc(OC)c(F)c1)c1cc(OC)c(OC)c([Se]C)c1. The summed E-state index contributed by atoms with van der Waals surface area (Å²) in [5.41, 5.74) is 2.30. The molecule has 0 amide bonds. The van der Waals surface area contributed by atoms with Crippen LogP contribution in [0.1, 0.15) is 11.1 Å². The van der Waals surface area contributed by atoms with Gasteiger partial charge < -0.3 is 0 Å². The molecule has 0 aliphatic rings. The van der Waals surface area contributed by atoms with E-state index >= 15 is 0 Å². The molecular weight excluding hydrogens is 362 g/mol. The number of ether oxygens (including phenoxy) is 3. The summed E-state index contributed by atoms with van der Waals surface area (Å²) in [6, 6.07) is 8.69. The Kier molecular flexibility index (Phi) is 5.69. The van der Waals surface area contributed by atoms with Crippen LogP contribution in [0.2, 0.25) is 5.82 Å². The molecule has 5 heteroatoms. The Labute approximate surface area is 142 Å². The Bertz CT molecular complexity index is 703. The van der Waals surface area contributed by atoms with Crippen LogP contribution < -0.4 is 18.7 Å². The Hall–Kier alpha value is -1.97. The molecule has 0 unspecified atom stereocenters. The molecule has 0 heterocycles. The summed E-state index contributed by atoms with van der Waals surface area (Å²) >= 11 is 0.222. The maximum absolute atomic E-state index is 13.9. The Morgan fingerprint density at radius 2 is 1.65 bits per heavy atom. The summed E-state index contributed by atoms with van der Waals surface area (Å²) < 4.78 is 30.8. The predicted octanol–water partition coefficient (Wildman–Crippen LogP) is 3.29. The average molecular weight is 381 g/mol. The van der Waals surface area contributed by atoms with E-state index in [0.29, 0.717) is 11.3 Å². The normalized spacial score (nSPS) is 10.3. The van der Waals surface area contributed by atoms with Crippen LogP contribution in [-0.2, 0) is 0 Å². The summed E-state index contributed by atoms with van der Waals surface area (Å²) in [4.78, 5) is 0. The van der Waals surface area contributed by atoms with Gasteiger partial charge in [0.25, 0.3) is 0 Å². The zero-order chi connectivity index (χ0) is 17.0. The molecule has 0 fully saturated rings. The van der Waals surface area contributed by atoms with Crippen LogP contribution in [0.3, 0.4) is 0 Å². The summed E-state index contributed by atoms with van der Waals surface area (Å²) in [6.07, 6.45) is 0. The van der Waals surface area contributed by atoms with Crippen molar-refractivity contribution in [2.24, 2.45) is 0 Å². The van der Waals surface area contributed by atoms with Gasteiger partial charge in [0, 0.05) is 0 Å². The van der Waals surface area contributed by atoms with Crippen molar-refractivity contribution < 1.29 is 18.6 Å². The second-order valence-corrected chi connectivity index (χ2v) is 6.52. The molecule has 122 valence electrons. The maximum atomic E-state index is 13.9. The van der Waals surface area contributed by atoms with E-state index in [1.54, 1.807) is 26.4 Å². The standard InChI is InChI=1S/C18H19FO3Se/c1-11(12-6-7-15(20-2)14(19)8-12)13-9-16(21-3)18(22-4)17(10-13)23-5/h6-10H,1H2,2-5H3. The fourth-order valence-electron chi connectivity index (χ4n) is 2.28. The fraction of sp³-hybridized carbons (Fsp3) is 0.222. The van der Waals surface area contributed by atoms with E-state index in [-0.39, 0.29) is 20.7 Å². The van der Waals surface area contributed by atoms with Gasteiger partial charge in [-0.3, -0.25) is 0 Å². The van der Waals surface area contributed by atoms with Gasteiger partial charge in [-0.1, -0.05) is 0 Å². The molecule has 23 heavy (non-hydrogen) atoms. The van der Waals surface area contributed by atoms with Crippen molar-refractivity contribution in [2.45, 2.75) is 5.82 Å². The molecule has 0 spiro atoms. The van der Waals surface area contributed by atoms with Crippen LogP contribution in [0.5, 0.6) is 17.2 Å². The van der Waals surface area contributed by atoms with Crippen molar-refractivity contribution in [1.29, 1.82) is 0 Å². The van der Waals surface area contributed by atoms with Crippen LogP contribution in [0.25, 0.3) is 5.57 Å². The molecule has 2 rings (SSSR count). The molecule has 0 saturated carbocycles. The van der Waals surface area contributed by atoms with Crippen LogP contribution in [0.4, 0.5) is 4.39 Å². The first kappa shape index (κ1) is 17.4. The molecule has 2 aromatic rings. The Morgan fingerprint density at radius 1 is 0.957 bits per heavy atom. The van der Waals surface area contributed by atoms with E-state index < -0.39 is 5.82 Å². The number of halogens is 1. The molecular formula is C18H19FO3Se. The third-order valence-corrected chi connectivity index (χ3v) is 5.07. The van der Waals surface area contributed by atoms with Crippen molar-refractivity contribution in [2.75, 3.05) is 21.3 Å². The number of rotatable bonds is 6. The number of hydrogen-bond acceptors (Lipinski definition) is 3. The molecule has 3 nitrogen and oxygen atoms in total. The third-order valence-electron chi connectivity index (χ3n) is 3.51. The molecule has 0 saturated heterocycles. The van der Waals surface area contributed by atoms with E-state index in [2.05, 4.69) is 12.4 Å². The molecule has 0 aliphatic heterocycles. The van der Waals surface area contributed by atoms with Gasteiger partial charge >= 0.3 is 142 Å². The Morgan fingerprint density at radius 3 is 2.17 bits per heavy atom. The van der Waals surface area contributed by atoms with Crippen molar-refractivity contribution in [3.05, 3.63) is 53.9 Å². The van der Waals surface area contributed by atoms with Crippen LogP contribution in [0, 0.1) is 5.82 Å². The molecule has 0 N–H and O–H groups in total. The third kappa shape index (κ3) is 3.52. The summed E-state index contributed by atoms with van der Waals surface area (Å²) in [6.45, 7) is 4.10. The van der Waals surface area contributed by atoms with Gasteiger partial charge in [-0.2, -0.15) is 0 Å². The zero-order valence-electron chi connectivity index (χ0n) is 13.6. The number of benzene rings is 2. The first-order valence-corrected chi connectivity index (χ1v) is 9.45. The number of methoxy groups -OCH3 is 3. The fourth-order valence-corrected chi connectivity index (χ4v) is 3.56. The number of hydrogen-bond donors (Lipinski definition) is 0. The van der Waals surface area contributed by atoms with Gasteiger partial charge in [-0.25, -0.2) is 0 Å². The van der Waals surface area contributed by atoms with Crippen LogP contribution in [-0.4, -0.2) is 36.3 Å². The van der Waals surface area contributed by atoms with E-state index in [1.807, 2.05) is 12.1 Å². The molecule has 0 bridgehead atoms. The molecule has 0 aliphatic carbocycles. The minimum atomic E-state index is -0.411. The quantitative estimate of drug-likeness (QED) is 0.719. The van der Waals surface area contributed by atoms with Gasteiger partial charge in [0.05, 0.1) is 0 Å². The minimum absolute atomic E-state index is 0.214.